The van der Waals surface area contributed by atoms with Crippen LogP contribution in [0.25, 0.3) is 0 Å². The van der Waals surface area contributed by atoms with E-state index in [1.165, 1.54) is 13.8 Å². The summed E-state index contributed by atoms with van der Waals surface area (Å²) in [5.41, 5.74) is 0. The summed E-state index contributed by atoms with van der Waals surface area (Å²) >= 11 is 7.65. The fraction of sp³-hybridized carbons (Fsp3) is 0.739. The van der Waals surface area contributed by atoms with Crippen LogP contribution >= 0.6 is 25.3 Å². The van der Waals surface area contributed by atoms with Crippen LogP contribution in [0, 0.1) is 5.92 Å². The van der Waals surface area contributed by atoms with E-state index in [1.807, 2.05) is 13.8 Å². The molecular weight excluding hydrogens is 492 g/mol. The Labute approximate surface area is 220 Å². The lowest BCUT2D eigenvalue weighted by molar-refractivity contribution is -0.152. The molecule has 1 heterocycles. The Morgan fingerprint density at radius 1 is 1.00 bits per heavy atom. The van der Waals surface area contributed by atoms with Crippen molar-refractivity contribution in [2.24, 2.45) is 5.92 Å². The van der Waals surface area contributed by atoms with Gasteiger partial charge in [0.2, 0.25) is 17.7 Å². The quantitative estimate of drug-likeness (QED) is 0.161. The summed E-state index contributed by atoms with van der Waals surface area (Å²) < 4.78 is 5.40. The lowest BCUT2D eigenvalue weighted by Gasteiger charge is -2.28. The summed E-state index contributed by atoms with van der Waals surface area (Å²) in [7, 11) is 0. The number of hydrogen-bond donors (Lipinski definition) is 7. The van der Waals surface area contributed by atoms with E-state index < -0.39 is 60.2 Å². The van der Waals surface area contributed by atoms with Crippen molar-refractivity contribution in [1.29, 1.82) is 0 Å². The van der Waals surface area contributed by atoms with Crippen LogP contribution < -0.4 is 21.3 Å². The van der Waals surface area contributed by atoms with E-state index in [4.69, 9.17) is 4.74 Å². The number of amides is 3. The average Bonchev–Trinajstić information content (AvgIpc) is 2.82. The zero-order valence-electron chi connectivity index (χ0n) is 22.0. The maximum Gasteiger partial charge on any atom is 0.328 e. The molecule has 1 rings (SSSR count). The molecule has 10 nitrogen and oxygen atoms in total. The number of aliphatic hydroxyl groups is 1. The first kappa shape index (κ1) is 35.4. The molecule has 1 aliphatic rings. The van der Waals surface area contributed by atoms with Crippen LogP contribution in [0.4, 0.5) is 0 Å². The van der Waals surface area contributed by atoms with E-state index in [1.54, 1.807) is 39.2 Å². The minimum atomic E-state index is -1.17. The molecule has 35 heavy (non-hydrogen) atoms. The largest absolute Gasteiger partial charge is 0.456 e. The number of aliphatic hydroxyl groups excluding tert-OH is 1. The van der Waals surface area contributed by atoms with Gasteiger partial charge in [0.1, 0.15) is 30.5 Å². The highest BCUT2D eigenvalue weighted by atomic mass is 32.1. The molecule has 0 aliphatic carbocycles. The zero-order valence-corrected chi connectivity index (χ0v) is 23.8. The van der Waals surface area contributed by atoms with E-state index in [2.05, 4.69) is 46.5 Å². The minimum Gasteiger partial charge on any atom is -0.456 e. The predicted molar refractivity (Wildman–Crippen MR) is 144 cm³/mol. The molecule has 0 aromatic rings. The number of cyclic esters (lactones) is 1. The van der Waals surface area contributed by atoms with E-state index in [-0.39, 0.29) is 18.1 Å². The van der Waals surface area contributed by atoms with Crippen LogP contribution in [0.5, 0.6) is 0 Å². The number of rotatable bonds is 3. The molecular formula is C23H44N4O6S2. The van der Waals surface area contributed by atoms with Gasteiger partial charge in [-0.15, -0.1) is 0 Å². The molecule has 1 saturated heterocycles. The van der Waals surface area contributed by atoms with Gasteiger partial charge >= 0.3 is 5.97 Å². The third-order valence-electron chi connectivity index (χ3n) is 4.74. The van der Waals surface area contributed by atoms with Crippen molar-refractivity contribution in [3.63, 3.8) is 0 Å². The number of thiol groups is 2. The molecule has 3 amide bonds. The summed E-state index contributed by atoms with van der Waals surface area (Å²) in [5, 5.41) is 20.7. The molecule has 1 unspecified atom stereocenters. The summed E-state index contributed by atoms with van der Waals surface area (Å²) in [4.78, 5) is 50.3. The molecule has 0 spiro atoms. The third-order valence-corrected chi connectivity index (χ3v) is 5.11. The molecule has 12 heteroatoms. The Morgan fingerprint density at radius 2 is 1.57 bits per heavy atom. The van der Waals surface area contributed by atoms with Crippen LogP contribution in [0.2, 0.25) is 0 Å². The Morgan fingerprint density at radius 3 is 2.06 bits per heavy atom. The first-order chi connectivity index (χ1) is 16.5. The SMILES string of the molecule is C/C=C/[C@@H]1CC(O)N[C@H](C)C(=O)N[C@H](CS)C(=O)N[C@H](C(C)C)C(=O)N[C@H](C)C(=O)O1.CC.CS. The monoisotopic (exact) mass is 536 g/mol. The molecule has 1 fully saturated rings. The highest BCUT2D eigenvalue weighted by molar-refractivity contribution is 7.80. The molecule has 0 bridgehead atoms. The molecule has 0 aromatic heterocycles. The van der Waals surface area contributed by atoms with Gasteiger partial charge in [0.15, 0.2) is 0 Å². The molecule has 1 aliphatic heterocycles. The van der Waals surface area contributed by atoms with Gasteiger partial charge in [-0.1, -0.05) is 33.8 Å². The molecule has 0 radical (unpaired) electrons. The maximum atomic E-state index is 12.7. The maximum absolute atomic E-state index is 12.7. The Bertz CT molecular complexity index is 693. The van der Waals surface area contributed by atoms with Crippen LogP contribution in [0.15, 0.2) is 12.2 Å². The first-order valence-electron chi connectivity index (χ1n) is 11.7. The van der Waals surface area contributed by atoms with Crippen molar-refractivity contribution in [3.05, 3.63) is 12.2 Å². The van der Waals surface area contributed by atoms with Crippen LogP contribution in [-0.2, 0) is 23.9 Å². The predicted octanol–water partition coefficient (Wildman–Crippen LogP) is 0.807. The van der Waals surface area contributed by atoms with E-state index in [9.17, 15) is 24.3 Å². The number of ether oxygens (including phenoxy) is 1. The highest BCUT2D eigenvalue weighted by Gasteiger charge is 2.32. The second-order valence-electron chi connectivity index (χ2n) is 7.85. The van der Waals surface area contributed by atoms with Crippen molar-refractivity contribution in [2.45, 2.75) is 91.4 Å². The topological polar surface area (TPSA) is 146 Å². The molecule has 204 valence electrons. The summed E-state index contributed by atoms with van der Waals surface area (Å²) in [5.74, 6) is -2.63. The Kier molecular flexibility index (Phi) is 19.7. The number of carbonyl (C=O) groups excluding carboxylic acids is 4. The van der Waals surface area contributed by atoms with Gasteiger partial charge in [0.25, 0.3) is 0 Å². The average molecular weight is 537 g/mol. The van der Waals surface area contributed by atoms with Crippen molar-refractivity contribution in [2.75, 3.05) is 12.0 Å². The normalized spacial score (nSPS) is 29.0. The second-order valence-corrected chi connectivity index (χ2v) is 8.21. The lowest BCUT2D eigenvalue weighted by Crippen LogP contribution is -2.59. The number of carbonyl (C=O) groups is 4. The van der Waals surface area contributed by atoms with Gasteiger partial charge in [0, 0.05) is 12.2 Å². The first-order valence-corrected chi connectivity index (χ1v) is 13.3. The van der Waals surface area contributed by atoms with E-state index in [0.717, 1.165) is 0 Å². The van der Waals surface area contributed by atoms with Crippen molar-refractivity contribution in [3.8, 4) is 0 Å². The number of nitrogens with one attached hydrogen (secondary N) is 4. The third kappa shape index (κ3) is 13.2. The van der Waals surface area contributed by atoms with Gasteiger partial charge in [-0.2, -0.15) is 25.3 Å². The number of esters is 1. The van der Waals surface area contributed by atoms with E-state index >= 15 is 0 Å². The van der Waals surface area contributed by atoms with Gasteiger partial charge in [-0.25, -0.2) is 4.79 Å². The number of allylic oxidation sites excluding steroid dienone is 1. The standard InChI is InChI=1S/C20H34N4O6S.C2H6.CH4S/c1-6-7-13-8-15(25)21-11(4)17(26)23-14(9-31)18(27)24-16(10(2)3)19(28)22-12(5)20(29)30-13;2*1-2/h6-7,10-16,21,25,31H,8-9H2,1-5H3,(H,22,28)(H,23,26)(H,24,27);1-2H3;2H,1H3/b7-6+;;/t11-,12-,13-,14-,15?,16-;;/m1../s1. The van der Waals surface area contributed by atoms with Gasteiger partial charge in [-0.05, 0) is 39.0 Å². The van der Waals surface area contributed by atoms with Crippen molar-refractivity contribution < 1.29 is 29.0 Å². The second kappa shape index (κ2) is 19.4. The molecule has 5 N–H and O–H groups in total. The van der Waals surface area contributed by atoms with Gasteiger partial charge < -0.3 is 25.8 Å². The van der Waals surface area contributed by atoms with Crippen molar-refractivity contribution in [1.82, 2.24) is 21.3 Å². The molecule has 0 saturated carbocycles. The molecule has 0 aromatic carbocycles. The minimum absolute atomic E-state index is 0.00534. The van der Waals surface area contributed by atoms with E-state index in [0.29, 0.717) is 0 Å². The summed E-state index contributed by atoms with van der Waals surface area (Å²) in [6.07, 6.45) is 3.01. The highest BCUT2D eigenvalue weighted by Crippen LogP contribution is 2.09. The van der Waals surface area contributed by atoms with Crippen LogP contribution in [-0.4, -0.2) is 77.3 Å². The fourth-order valence-electron chi connectivity index (χ4n) is 2.93. The Balaban J connectivity index is 0. The van der Waals surface area contributed by atoms with Gasteiger partial charge in [0.05, 0.1) is 6.04 Å². The van der Waals surface area contributed by atoms with Crippen LogP contribution in [0.1, 0.15) is 54.9 Å². The Hall–Kier alpha value is -1.76. The number of hydrogen-bond acceptors (Lipinski definition) is 9. The molecule has 6 atom stereocenters. The zero-order chi connectivity index (χ0) is 27.7. The summed E-state index contributed by atoms with van der Waals surface area (Å²) in [6, 6.07) is -3.74. The van der Waals surface area contributed by atoms with Crippen LogP contribution in [0.3, 0.4) is 0 Å². The van der Waals surface area contributed by atoms with Gasteiger partial charge in [-0.3, -0.25) is 19.7 Å². The van der Waals surface area contributed by atoms with Crippen molar-refractivity contribution >= 4 is 48.9 Å². The lowest BCUT2D eigenvalue weighted by atomic mass is 10.0. The summed E-state index contributed by atoms with van der Waals surface area (Å²) in [6.45, 7) is 12.2. The smallest absolute Gasteiger partial charge is 0.328 e. The fourth-order valence-corrected chi connectivity index (χ4v) is 3.18.